The first-order chi connectivity index (χ1) is 9.87. The van der Waals surface area contributed by atoms with Crippen molar-refractivity contribution in [3.63, 3.8) is 0 Å². The molecule has 0 aliphatic heterocycles. The number of hydrogen-bond donors (Lipinski definition) is 2. The molecule has 0 radical (unpaired) electrons. The molecule has 0 saturated carbocycles. The molecule has 0 atom stereocenters. The molecule has 0 aliphatic rings. The van der Waals surface area contributed by atoms with Crippen molar-refractivity contribution in [1.29, 1.82) is 0 Å². The van der Waals surface area contributed by atoms with Gasteiger partial charge >= 0.3 is 0 Å². The molecule has 2 aromatic rings. The lowest BCUT2D eigenvalue weighted by Gasteiger charge is -2.24. The van der Waals surface area contributed by atoms with E-state index in [0.717, 1.165) is 4.88 Å². The molecule has 0 aromatic carbocycles. The quantitative estimate of drug-likeness (QED) is 0.846. The maximum atomic E-state index is 12.9. The van der Waals surface area contributed by atoms with Crippen molar-refractivity contribution >= 4 is 21.4 Å². The van der Waals surface area contributed by atoms with Crippen molar-refractivity contribution in [3.8, 4) is 0 Å². The SMILES string of the molecule is Cc1[nH]nc(S(=O)(=O)N(Cc2cccs2)C(C)C)c1CN. The maximum Gasteiger partial charge on any atom is 0.263 e. The molecule has 0 bridgehead atoms. The highest BCUT2D eigenvalue weighted by Crippen LogP contribution is 2.24. The van der Waals surface area contributed by atoms with Gasteiger partial charge in [0, 0.05) is 35.3 Å². The Balaban J connectivity index is 2.42. The predicted molar refractivity (Wildman–Crippen MR) is 83.4 cm³/mol. The molecule has 0 unspecified atom stereocenters. The second-order valence-corrected chi connectivity index (χ2v) is 7.90. The zero-order valence-electron chi connectivity index (χ0n) is 12.3. The van der Waals surface area contributed by atoms with Crippen LogP contribution in [0.25, 0.3) is 0 Å². The summed E-state index contributed by atoms with van der Waals surface area (Å²) in [6.07, 6.45) is 0. The number of aryl methyl sites for hydroxylation is 1. The molecule has 0 aliphatic carbocycles. The lowest BCUT2D eigenvalue weighted by molar-refractivity contribution is 0.348. The summed E-state index contributed by atoms with van der Waals surface area (Å²) in [4.78, 5) is 0.994. The van der Waals surface area contributed by atoms with Crippen LogP contribution in [-0.2, 0) is 23.1 Å². The molecular formula is C13H20N4O2S2. The first-order valence-corrected chi connectivity index (χ1v) is 8.98. The van der Waals surface area contributed by atoms with E-state index >= 15 is 0 Å². The van der Waals surface area contributed by atoms with Crippen molar-refractivity contribution < 1.29 is 8.42 Å². The third-order valence-electron chi connectivity index (χ3n) is 3.26. The summed E-state index contributed by atoms with van der Waals surface area (Å²) in [7, 11) is -3.68. The summed E-state index contributed by atoms with van der Waals surface area (Å²) in [5.41, 5.74) is 6.90. The van der Waals surface area contributed by atoms with E-state index in [2.05, 4.69) is 10.2 Å². The molecule has 116 valence electrons. The van der Waals surface area contributed by atoms with Gasteiger partial charge in [0.15, 0.2) is 5.03 Å². The van der Waals surface area contributed by atoms with E-state index in [4.69, 9.17) is 5.73 Å². The molecule has 0 spiro atoms. The Bertz CT molecular complexity index is 690. The average Bonchev–Trinajstić information content (AvgIpc) is 3.04. The van der Waals surface area contributed by atoms with Crippen molar-refractivity contribution in [1.82, 2.24) is 14.5 Å². The predicted octanol–water partition coefficient (Wildman–Crippen LogP) is 1.84. The number of thiophene rings is 1. The Morgan fingerprint density at radius 1 is 1.48 bits per heavy atom. The number of nitrogens with zero attached hydrogens (tertiary/aromatic N) is 2. The van der Waals surface area contributed by atoms with E-state index in [9.17, 15) is 8.42 Å². The van der Waals surface area contributed by atoms with Crippen LogP contribution < -0.4 is 5.73 Å². The van der Waals surface area contributed by atoms with Crippen LogP contribution in [0.2, 0.25) is 0 Å². The first kappa shape index (κ1) is 16.2. The second kappa shape index (κ2) is 6.27. The number of aromatic nitrogens is 2. The highest BCUT2D eigenvalue weighted by atomic mass is 32.2. The molecule has 2 heterocycles. The number of nitrogens with two attached hydrogens (primary N) is 1. The van der Waals surface area contributed by atoms with Crippen LogP contribution >= 0.6 is 11.3 Å². The van der Waals surface area contributed by atoms with Gasteiger partial charge in [-0.15, -0.1) is 11.3 Å². The van der Waals surface area contributed by atoms with E-state index in [-0.39, 0.29) is 17.6 Å². The van der Waals surface area contributed by atoms with Gasteiger partial charge in [0.2, 0.25) is 0 Å². The van der Waals surface area contributed by atoms with Crippen molar-refractivity contribution in [2.24, 2.45) is 5.73 Å². The zero-order chi connectivity index (χ0) is 15.6. The highest BCUT2D eigenvalue weighted by molar-refractivity contribution is 7.89. The molecular weight excluding hydrogens is 308 g/mol. The fourth-order valence-corrected chi connectivity index (χ4v) is 4.68. The van der Waals surface area contributed by atoms with Crippen LogP contribution in [0.15, 0.2) is 22.5 Å². The number of rotatable bonds is 6. The molecule has 6 nitrogen and oxygen atoms in total. The van der Waals surface area contributed by atoms with Crippen LogP contribution in [0, 0.1) is 6.92 Å². The number of hydrogen-bond acceptors (Lipinski definition) is 5. The monoisotopic (exact) mass is 328 g/mol. The Morgan fingerprint density at radius 3 is 2.71 bits per heavy atom. The summed E-state index contributed by atoms with van der Waals surface area (Å²) >= 11 is 1.54. The zero-order valence-corrected chi connectivity index (χ0v) is 14.0. The van der Waals surface area contributed by atoms with E-state index in [1.54, 1.807) is 6.92 Å². The maximum absolute atomic E-state index is 12.9. The second-order valence-electron chi connectivity index (χ2n) is 5.06. The number of aromatic amines is 1. The van der Waals surface area contributed by atoms with Gasteiger partial charge < -0.3 is 5.73 Å². The normalized spacial score (nSPS) is 12.5. The number of H-pyrrole nitrogens is 1. The molecule has 21 heavy (non-hydrogen) atoms. The minimum Gasteiger partial charge on any atom is -0.326 e. The van der Waals surface area contributed by atoms with E-state index in [0.29, 0.717) is 17.8 Å². The third kappa shape index (κ3) is 3.18. The van der Waals surface area contributed by atoms with Crippen LogP contribution in [0.4, 0.5) is 0 Å². The smallest absolute Gasteiger partial charge is 0.263 e. The Morgan fingerprint density at radius 2 is 2.19 bits per heavy atom. The molecule has 2 aromatic heterocycles. The van der Waals surface area contributed by atoms with Crippen molar-refractivity contribution in [3.05, 3.63) is 33.6 Å². The fourth-order valence-electron chi connectivity index (χ4n) is 2.10. The van der Waals surface area contributed by atoms with Gasteiger partial charge in [-0.05, 0) is 32.2 Å². The van der Waals surface area contributed by atoms with Gasteiger partial charge in [-0.3, -0.25) is 5.10 Å². The number of sulfonamides is 1. The van der Waals surface area contributed by atoms with Crippen molar-refractivity contribution in [2.45, 2.75) is 44.9 Å². The fraction of sp³-hybridized carbons (Fsp3) is 0.462. The van der Waals surface area contributed by atoms with Gasteiger partial charge in [0.25, 0.3) is 10.0 Å². The van der Waals surface area contributed by atoms with Gasteiger partial charge in [-0.2, -0.15) is 9.40 Å². The first-order valence-electron chi connectivity index (χ1n) is 6.66. The minimum absolute atomic E-state index is 0.0350. The average molecular weight is 328 g/mol. The molecule has 3 N–H and O–H groups in total. The van der Waals surface area contributed by atoms with E-state index < -0.39 is 10.0 Å². The van der Waals surface area contributed by atoms with Gasteiger partial charge in [-0.1, -0.05) is 6.07 Å². The van der Waals surface area contributed by atoms with Crippen LogP contribution in [0.5, 0.6) is 0 Å². The Hall–Kier alpha value is -1.22. The lowest BCUT2D eigenvalue weighted by Crippen LogP contribution is -2.37. The summed E-state index contributed by atoms with van der Waals surface area (Å²) in [6.45, 7) is 5.96. The molecule has 0 saturated heterocycles. The largest absolute Gasteiger partial charge is 0.326 e. The lowest BCUT2D eigenvalue weighted by atomic mass is 10.3. The Kier molecular flexibility index (Phi) is 4.82. The summed E-state index contributed by atoms with van der Waals surface area (Å²) < 4.78 is 27.2. The molecule has 8 heteroatoms. The molecule has 0 fully saturated rings. The van der Waals surface area contributed by atoms with E-state index in [1.807, 2.05) is 31.4 Å². The highest BCUT2D eigenvalue weighted by Gasteiger charge is 2.32. The minimum atomic E-state index is -3.68. The van der Waals surface area contributed by atoms with E-state index in [1.165, 1.54) is 15.6 Å². The third-order valence-corrected chi connectivity index (χ3v) is 6.12. The Labute approximate surface area is 129 Å². The summed E-state index contributed by atoms with van der Waals surface area (Å²) in [5, 5.41) is 8.64. The summed E-state index contributed by atoms with van der Waals surface area (Å²) in [6, 6.07) is 3.67. The topological polar surface area (TPSA) is 92.1 Å². The van der Waals surface area contributed by atoms with Crippen LogP contribution in [0.3, 0.4) is 0 Å². The van der Waals surface area contributed by atoms with Gasteiger partial charge in [0.05, 0.1) is 0 Å². The van der Waals surface area contributed by atoms with Gasteiger partial charge in [-0.25, -0.2) is 8.42 Å². The standard InChI is InChI=1S/C13H20N4O2S2/c1-9(2)17(8-11-5-4-6-20-11)21(18,19)13-12(7-14)10(3)15-16-13/h4-6,9H,7-8,14H2,1-3H3,(H,15,16). The van der Waals surface area contributed by atoms with Crippen LogP contribution in [0.1, 0.15) is 30.0 Å². The van der Waals surface area contributed by atoms with Gasteiger partial charge in [0.1, 0.15) is 0 Å². The van der Waals surface area contributed by atoms with Crippen molar-refractivity contribution in [2.75, 3.05) is 0 Å². The molecule has 2 rings (SSSR count). The number of nitrogens with one attached hydrogen (secondary N) is 1. The summed E-state index contributed by atoms with van der Waals surface area (Å²) in [5.74, 6) is 0. The molecule has 0 amide bonds. The van der Waals surface area contributed by atoms with Crippen LogP contribution in [-0.4, -0.2) is 29.0 Å².